The van der Waals surface area contributed by atoms with Crippen LogP contribution in [0.25, 0.3) is 0 Å². The summed E-state index contributed by atoms with van der Waals surface area (Å²) in [5, 5.41) is 0. The number of rotatable bonds is 1. The van der Waals surface area contributed by atoms with Gasteiger partial charge in [-0.15, -0.1) is 0 Å². The molecule has 0 aromatic heterocycles. The van der Waals surface area contributed by atoms with Crippen molar-refractivity contribution in [3.8, 4) is 11.5 Å². The minimum atomic E-state index is 0. The summed E-state index contributed by atoms with van der Waals surface area (Å²) in [5.74, 6) is 1.63. The minimum absolute atomic E-state index is 0. The smallest absolute Gasteiger partial charge is 0.620 e. The zero-order chi connectivity index (χ0) is 7.68. The third-order valence-corrected chi connectivity index (χ3v) is 1.77. The Morgan fingerprint density at radius 3 is 2.54 bits per heavy atom. The molecule has 13 heavy (non-hydrogen) atoms. The van der Waals surface area contributed by atoms with Gasteiger partial charge in [-0.3, -0.25) is 0 Å². The van der Waals surface area contributed by atoms with Crippen LogP contribution in [0.4, 0.5) is 0 Å². The van der Waals surface area contributed by atoms with E-state index < -0.39 is 0 Å². The molecule has 1 aliphatic rings. The van der Waals surface area contributed by atoms with Gasteiger partial charge in [-0.2, -0.15) is 0 Å². The van der Waals surface area contributed by atoms with Crippen LogP contribution in [0, 0.1) is 6.79 Å². The number of aryl methyl sites for hydroxylation is 1. The van der Waals surface area contributed by atoms with Gasteiger partial charge in [0.15, 0.2) is 0 Å². The van der Waals surface area contributed by atoms with Crippen LogP contribution in [0.3, 0.4) is 0 Å². The average molecular weight is 320 g/mol. The molecular formula is C9H9O2Rb2+. The first kappa shape index (κ1) is 15.4. The summed E-state index contributed by atoms with van der Waals surface area (Å²) in [6.07, 6.45) is 1.02. The van der Waals surface area contributed by atoms with E-state index in [2.05, 4.69) is 6.92 Å². The summed E-state index contributed by atoms with van der Waals surface area (Å²) in [5.41, 5.74) is 1.27. The number of benzene rings is 1. The first-order valence-electron chi connectivity index (χ1n) is 3.68. The van der Waals surface area contributed by atoms with Gasteiger partial charge in [0.1, 0.15) is 11.5 Å². The molecule has 2 rings (SSSR count). The molecule has 1 aliphatic heterocycles. The summed E-state index contributed by atoms with van der Waals surface area (Å²) in [7, 11) is 0. The van der Waals surface area contributed by atoms with Crippen molar-refractivity contribution in [3.63, 3.8) is 0 Å². The van der Waals surface area contributed by atoms with Crippen LogP contribution in [0.2, 0.25) is 0 Å². The van der Waals surface area contributed by atoms with E-state index in [0.717, 1.165) is 17.9 Å². The van der Waals surface area contributed by atoms with E-state index in [1.165, 1.54) is 12.4 Å². The number of ether oxygens (including phenoxy) is 2. The fraction of sp³-hybridized carbons (Fsp3) is 0.222. The summed E-state index contributed by atoms with van der Waals surface area (Å²) in [6.45, 7) is 3.46. The van der Waals surface area contributed by atoms with Crippen LogP contribution < -0.4 is 126 Å². The standard InChI is InChI=1S/C9H9O2.2Rb/c1-2-7-3-4-8-9(5-7)11-6-10-8;;/h3-6H,2H2,1H3;;/q-1;2*+1. The number of hydrogen-bond acceptors (Lipinski definition) is 2. The Kier molecular flexibility index (Phi) is 9.10. The van der Waals surface area contributed by atoms with Crippen molar-refractivity contribution < 1.29 is 126 Å². The molecule has 0 radical (unpaired) electrons. The van der Waals surface area contributed by atoms with Gasteiger partial charge in [-0.05, 0) is 24.1 Å². The summed E-state index contributed by atoms with van der Waals surface area (Å²) in [6, 6.07) is 5.97. The Morgan fingerprint density at radius 1 is 1.15 bits per heavy atom. The zero-order valence-corrected chi connectivity index (χ0v) is 18.2. The largest absolute Gasteiger partial charge is 1.00 e. The van der Waals surface area contributed by atoms with Gasteiger partial charge in [-0.25, -0.2) is 0 Å². The molecule has 58 valence electrons. The van der Waals surface area contributed by atoms with E-state index in [1.54, 1.807) is 0 Å². The van der Waals surface area contributed by atoms with Gasteiger partial charge in [0.05, 0.1) is 0 Å². The molecule has 1 heterocycles. The molecule has 2 nitrogen and oxygen atoms in total. The van der Waals surface area contributed by atoms with Gasteiger partial charge in [0.25, 0.3) is 0 Å². The third kappa shape index (κ3) is 4.06. The molecule has 0 N–H and O–H groups in total. The quantitative estimate of drug-likeness (QED) is 0.494. The molecule has 1 aromatic carbocycles. The maximum absolute atomic E-state index is 5.09. The molecule has 0 fully saturated rings. The molecule has 0 bridgehead atoms. The Morgan fingerprint density at radius 2 is 1.85 bits per heavy atom. The topological polar surface area (TPSA) is 18.5 Å². The third-order valence-electron chi connectivity index (χ3n) is 1.77. The average Bonchev–Trinajstić information content (AvgIpc) is 2.50. The molecule has 0 amide bonds. The Balaban J connectivity index is 0.000000720. The van der Waals surface area contributed by atoms with Gasteiger partial charge >= 0.3 is 116 Å². The molecule has 0 aliphatic carbocycles. The maximum Gasteiger partial charge on any atom is 1.00 e. The van der Waals surface area contributed by atoms with Crippen LogP contribution >= 0.6 is 0 Å². The molecular weight excluding hydrogens is 311 g/mol. The van der Waals surface area contributed by atoms with Crippen molar-refractivity contribution in [3.05, 3.63) is 30.6 Å². The van der Waals surface area contributed by atoms with Crippen molar-refractivity contribution in [2.24, 2.45) is 0 Å². The van der Waals surface area contributed by atoms with E-state index in [1.807, 2.05) is 18.2 Å². The van der Waals surface area contributed by atoms with Crippen molar-refractivity contribution in [2.45, 2.75) is 13.3 Å². The first-order valence-corrected chi connectivity index (χ1v) is 3.68. The molecule has 1 aromatic rings. The monoisotopic (exact) mass is 319 g/mol. The fourth-order valence-corrected chi connectivity index (χ4v) is 1.09. The number of fused-ring (bicyclic) bond motifs is 1. The van der Waals surface area contributed by atoms with Crippen molar-refractivity contribution >= 4 is 0 Å². The van der Waals surface area contributed by atoms with Gasteiger partial charge in [0.2, 0.25) is 0 Å². The van der Waals surface area contributed by atoms with Gasteiger partial charge < -0.3 is 9.47 Å². The molecule has 0 spiro atoms. The molecule has 0 saturated carbocycles. The molecule has 0 saturated heterocycles. The van der Waals surface area contributed by atoms with E-state index in [0.29, 0.717) is 0 Å². The molecule has 4 heteroatoms. The van der Waals surface area contributed by atoms with E-state index in [-0.39, 0.29) is 116 Å². The predicted octanol–water partition coefficient (Wildman–Crippen LogP) is -3.85. The van der Waals surface area contributed by atoms with Crippen LogP contribution in [0.15, 0.2) is 18.2 Å². The summed E-state index contributed by atoms with van der Waals surface area (Å²) in [4.78, 5) is 0. The van der Waals surface area contributed by atoms with Crippen molar-refractivity contribution in [1.29, 1.82) is 0 Å². The Bertz CT molecular complexity index is 276. The van der Waals surface area contributed by atoms with E-state index >= 15 is 0 Å². The summed E-state index contributed by atoms with van der Waals surface area (Å²) >= 11 is 0. The minimum Gasteiger partial charge on any atom is -0.620 e. The second kappa shape index (κ2) is 7.66. The fourth-order valence-electron chi connectivity index (χ4n) is 1.09. The van der Waals surface area contributed by atoms with Crippen LogP contribution in [0.5, 0.6) is 11.5 Å². The van der Waals surface area contributed by atoms with Crippen molar-refractivity contribution in [2.75, 3.05) is 0 Å². The second-order valence-electron chi connectivity index (χ2n) is 2.47. The SMILES string of the molecule is CCc1ccc2c(c1)O[CH-]O2.[Rb+].[Rb+]. The molecule has 0 atom stereocenters. The Hall–Kier alpha value is 2.43. The van der Waals surface area contributed by atoms with E-state index in [4.69, 9.17) is 9.47 Å². The van der Waals surface area contributed by atoms with Crippen LogP contribution in [-0.4, -0.2) is 0 Å². The maximum atomic E-state index is 5.09. The predicted molar refractivity (Wildman–Crippen MR) is 41.4 cm³/mol. The van der Waals surface area contributed by atoms with Crippen LogP contribution in [-0.2, 0) is 6.42 Å². The Labute approximate surface area is 176 Å². The second-order valence-corrected chi connectivity index (χ2v) is 2.47. The van der Waals surface area contributed by atoms with Gasteiger partial charge in [-0.1, -0.05) is 13.0 Å². The van der Waals surface area contributed by atoms with Crippen molar-refractivity contribution in [1.82, 2.24) is 0 Å². The van der Waals surface area contributed by atoms with Gasteiger partial charge in [0, 0.05) is 6.79 Å². The normalized spacial score (nSPS) is 11.5. The zero-order valence-electron chi connectivity index (χ0n) is 8.33. The number of hydrogen-bond donors (Lipinski definition) is 0. The van der Waals surface area contributed by atoms with E-state index in [9.17, 15) is 0 Å². The molecule has 0 unspecified atom stereocenters. The van der Waals surface area contributed by atoms with Crippen LogP contribution in [0.1, 0.15) is 12.5 Å². The first-order chi connectivity index (χ1) is 5.40. The summed E-state index contributed by atoms with van der Waals surface area (Å²) < 4.78 is 10.1.